The monoisotopic (exact) mass is 342 g/mol. The van der Waals surface area contributed by atoms with Crippen molar-refractivity contribution in [3.63, 3.8) is 0 Å². The maximum absolute atomic E-state index is 9.94. The summed E-state index contributed by atoms with van der Waals surface area (Å²) in [6.45, 7) is -1.35. The Hall–Kier alpha value is -0.440. The molecule has 23 heavy (non-hydrogen) atoms. The Morgan fingerprint density at radius 3 is 1.83 bits per heavy atom. The molecule has 2 unspecified atom stereocenters. The van der Waals surface area contributed by atoms with Crippen LogP contribution in [0.2, 0.25) is 0 Å². The fourth-order valence-electron chi connectivity index (χ4n) is 2.57. The molecule has 0 amide bonds. The minimum Gasteiger partial charge on any atom is -0.394 e. The smallest absolute Gasteiger partial charge is 0.187 e. The first-order chi connectivity index (χ1) is 10.8. The summed E-state index contributed by atoms with van der Waals surface area (Å²) in [5, 5.41) is 76.5. The van der Waals surface area contributed by atoms with Gasteiger partial charge in [0.15, 0.2) is 12.6 Å². The summed E-state index contributed by atoms with van der Waals surface area (Å²) >= 11 is 0. The topological polar surface area (TPSA) is 190 Å². The molecule has 0 radical (unpaired) electrons. The van der Waals surface area contributed by atoms with Gasteiger partial charge in [-0.15, -0.1) is 0 Å². The molecular weight excluding hydrogens is 320 g/mol. The van der Waals surface area contributed by atoms with Crippen molar-refractivity contribution in [1.82, 2.24) is 0 Å². The van der Waals surface area contributed by atoms with Crippen molar-refractivity contribution in [3.8, 4) is 0 Å². The highest BCUT2D eigenvalue weighted by molar-refractivity contribution is 4.93. The van der Waals surface area contributed by atoms with Crippen molar-refractivity contribution < 1.29 is 55.1 Å². The van der Waals surface area contributed by atoms with E-state index in [0.29, 0.717) is 0 Å². The summed E-state index contributed by atoms with van der Waals surface area (Å²) in [6.07, 6.45) is -15.6. The molecule has 136 valence electrons. The largest absolute Gasteiger partial charge is 0.394 e. The van der Waals surface area contributed by atoms with Crippen LogP contribution in [-0.2, 0) is 14.2 Å². The number of hydrogen-bond acceptors (Lipinski definition) is 11. The second-order valence-electron chi connectivity index (χ2n) is 5.53. The molecule has 11 nitrogen and oxygen atoms in total. The minimum absolute atomic E-state index is 0.667. The molecule has 0 aromatic rings. The van der Waals surface area contributed by atoms with E-state index in [2.05, 4.69) is 0 Å². The van der Waals surface area contributed by atoms with Crippen molar-refractivity contribution in [2.45, 2.75) is 61.4 Å². The molecular formula is C12H22O11. The van der Waals surface area contributed by atoms with Gasteiger partial charge in [-0.05, 0) is 0 Å². The van der Waals surface area contributed by atoms with E-state index >= 15 is 0 Å². The molecule has 0 aliphatic carbocycles. The van der Waals surface area contributed by atoms with Gasteiger partial charge in [-0.2, -0.15) is 0 Å². The van der Waals surface area contributed by atoms with E-state index in [4.69, 9.17) is 19.3 Å². The first-order valence-electron chi connectivity index (χ1n) is 7.08. The van der Waals surface area contributed by atoms with Crippen LogP contribution in [0.25, 0.3) is 0 Å². The summed E-state index contributed by atoms with van der Waals surface area (Å²) in [5.41, 5.74) is 0. The van der Waals surface area contributed by atoms with Crippen LogP contribution in [-0.4, -0.2) is 115 Å². The van der Waals surface area contributed by atoms with Crippen LogP contribution in [0.4, 0.5) is 0 Å². The predicted molar refractivity (Wildman–Crippen MR) is 68.6 cm³/mol. The number of ether oxygens (including phenoxy) is 3. The lowest BCUT2D eigenvalue weighted by Gasteiger charge is -2.45. The van der Waals surface area contributed by atoms with Crippen molar-refractivity contribution in [2.75, 3.05) is 13.2 Å². The Bertz CT molecular complexity index is 378. The average molecular weight is 342 g/mol. The number of hydrogen-bond donors (Lipinski definition) is 8. The molecule has 2 saturated heterocycles. The van der Waals surface area contributed by atoms with Gasteiger partial charge < -0.3 is 55.1 Å². The Morgan fingerprint density at radius 1 is 0.652 bits per heavy atom. The number of aliphatic hydroxyl groups excluding tert-OH is 8. The van der Waals surface area contributed by atoms with Crippen LogP contribution < -0.4 is 0 Å². The molecule has 2 rings (SSSR count). The van der Waals surface area contributed by atoms with Gasteiger partial charge in [0, 0.05) is 0 Å². The van der Waals surface area contributed by atoms with E-state index in [1.54, 1.807) is 0 Å². The van der Waals surface area contributed by atoms with Gasteiger partial charge in [0.2, 0.25) is 0 Å². The third-order valence-corrected chi connectivity index (χ3v) is 3.98. The zero-order valence-electron chi connectivity index (χ0n) is 12.0. The SMILES string of the molecule is OC[C@H]1OC(O[C@H]2[C@H](O)[C@H](O)C(O)O[C@@H]2CO)[C@H](O)[C@@H](O)[C@H]1O. The van der Waals surface area contributed by atoms with Crippen molar-refractivity contribution in [1.29, 1.82) is 0 Å². The van der Waals surface area contributed by atoms with Crippen LogP contribution in [0.5, 0.6) is 0 Å². The second-order valence-corrected chi connectivity index (χ2v) is 5.53. The molecule has 2 heterocycles. The molecule has 0 saturated carbocycles. The number of rotatable bonds is 4. The van der Waals surface area contributed by atoms with Crippen LogP contribution in [0.15, 0.2) is 0 Å². The Kier molecular flexibility index (Phi) is 6.27. The summed E-state index contributed by atoms with van der Waals surface area (Å²) < 4.78 is 15.3. The van der Waals surface area contributed by atoms with E-state index in [1.807, 2.05) is 0 Å². The van der Waals surface area contributed by atoms with E-state index in [0.717, 1.165) is 0 Å². The van der Waals surface area contributed by atoms with Gasteiger partial charge in [0.05, 0.1) is 13.2 Å². The zero-order valence-corrected chi connectivity index (χ0v) is 12.0. The highest BCUT2D eigenvalue weighted by atomic mass is 16.7. The third kappa shape index (κ3) is 3.65. The molecule has 11 heteroatoms. The van der Waals surface area contributed by atoms with Crippen molar-refractivity contribution in [2.24, 2.45) is 0 Å². The Morgan fingerprint density at radius 2 is 1.26 bits per heavy atom. The molecule has 2 aliphatic rings. The molecule has 0 spiro atoms. The average Bonchev–Trinajstić information content (AvgIpc) is 2.55. The third-order valence-electron chi connectivity index (χ3n) is 3.98. The van der Waals surface area contributed by atoms with Gasteiger partial charge in [-0.1, -0.05) is 0 Å². The standard InChI is InChI=1S/C12H22O11/c13-1-3-5(15)6(16)9(19)12(22-3)23-10-4(2-14)21-11(20)8(18)7(10)17/h3-20H,1-2H2/t3-,4-,5+,6+,7-,8+,9-,10-,11?,12?/m1/s1. The van der Waals surface area contributed by atoms with Crippen LogP contribution >= 0.6 is 0 Å². The summed E-state index contributed by atoms with van der Waals surface area (Å²) in [6, 6.07) is 0. The van der Waals surface area contributed by atoms with E-state index < -0.39 is 74.6 Å². The Balaban J connectivity index is 2.11. The number of aliphatic hydroxyl groups is 8. The zero-order chi connectivity index (χ0) is 17.3. The molecule has 2 fully saturated rings. The molecule has 0 bridgehead atoms. The van der Waals surface area contributed by atoms with Crippen molar-refractivity contribution >= 4 is 0 Å². The molecule has 0 aromatic carbocycles. The highest BCUT2D eigenvalue weighted by Gasteiger charge is 2.50. The maximum Gasteiger partial charge on any atom is 0.187 e. The van der Waals surface area contributed by atoms with E-state index in [1.165, 1.54) is 0 Å². The van der Waals surface area contributed by atoms with Gasteiger partial charge >= 0.3 is 0 Å². The van der Waals surface area contributed by atoms with Gasteiger partial charge in [-0.3, -0.25) is 0 Å². The lowest BCUT2D eigenvalue weighted by Crippen LogP contribution is -2.64. The molecule has 0 aromatic heterocycles. The van der Waals surface area contributed by atoms with E-state index in [9.17, 15) is 35.7 Å². The maximum atomic E-state index is 9.94. The van der Waals surface area contributed by atoms with Gasteiger partial charge in [0.25, 0.3) is 0 Å². The normalized spacial score (nSPS) is 51.7. The first-order valence-corrected chi connectivity index (χ1v) is 7.08. The summed E-state index contributed by atoms with van der Waals surface area (Å²) in [7, 11) is 0. The van der Waals surface area contributed by atoms with Crippen LogP contribution in [0.1, 0.15) is 0 Å². The minimum atomic E-state index is -1.74. The lowest BCUT2D eigenvalue weighted by atomic mass is 9.97. The van der Waals surface area contributed by atoms with Crippen LogP contribution in [0.3, 0.4) is 0 Å². The first kappa shape index (κ1) is 18.9. The fraction of sp³-hybridized carbons (Fsp3) is 1.00. The van der Waals surface area contributed by atoms with Gasteiger partial charge in [0.1, 0.15) is 48.8 Å². The molecule has 10 atom stereocenters. The fourth-order valence-corrected chi connectivity index (χ4v) is 2.57. The Labute approximate surface area is 130 Å². The van der Waals surface area contributed by atoms with Crippen molar-refractivity contribution in [3.05, 3.63) is 0 Å². The highest BCUT2D eigenvalue weighted by Crippen LogP contribution is 2.28. The van der Waals surface area contributed by atoms with Crippen LogP contribution in [0, 0.1) is 0 Å². The second kappa shape index (κ2) is 7.63. The summed E-state index contributed by atoms with van der Waals surface area (Å²) in [4.78, 5) is 0. The van der Waals surface area contributed by atoms with Gasteiger partial charge in [-0.25, -0.2) is 0 Å². The molecule has 2 aliphatic heterocycles. The molecule has 8 N–H and O–H groups in total. The summed E-state index contributed by atoms with van der Waals surface area (Å²) in [5.74, 6) is 0. The predicted octanol–water partition coefficient (Wildman–Crippen LogP) is -5.40. The lowest BCUT2D eigenvalue weighted by molar-refractivity contribution is -0.355. The quantitative estimate of drug-likeness (QED) is 0.243. The van der Waals surface area contributed by atoms with E-state index in [-0.39, 0.29) is 0 Å².